The zero-order chi connectivity index (χ0) is 31.3. The number of ether oxygens (including phenoxy) is 3. The predicted molar refractivity (Wildman–Crippen MR) is 148 cm³/mol. The second-order valence-electron chi connectivity index (χ2n) is 11.2. The lowest BCUT2D eigenvalue weighted by atomic mass is 9.49. The van der Waals surface area contributed by atoms with Crippen LogP contribution in [0, 0.1) is 36.9 Å². The molecule has 2 aromatic carbocycles. The van der Waals surface area contributed by atoms with Crippen molar-refractivity contribution in [3.8, 4) is 11.5 Å². The van der Waals surface area contributed by atoms with Crippen LogP contribution in [0.2, 0.25) is 0 Å². The lowest BCUT2D eigenvalue weighted by Crippen LogP contribution is -2.51. The van der Waals surface area contributed by atoms with Crippen LogP contribution in [0.15, 0.2) is 36.4 Å². The van der Waals surface area contributed by atoms with Gasteiger partial charge in [0.05, 0.1) is 10.3 Å². The number of nitro groups is 1. The molecule has 0 saturated heterocycles. The Morgan fingerprint density at radius 3 is 2.12 bits per heavy atom. The molecule has 6 rings (SSSR count). The lowest BCUT2D eigenvalue weighted by molar-refractivity contribution is -0.385. The second-order valence-corrected chi connectivity index (χ2v) is 14.0. The highest BCUT2D eigenvalue weighted by Gasteiger charge is 2.55. The first-order valence-corrected chi connectivity index (χ1v) is 15.6. The average Bonchev–Trinajstić information content (AvgIpc) is 2.90. The molecule has 0 spiro atoms. The molecule has 2 aromatic rings. The molecule has 0 unspecified atom stereocenters. The summed E-state index contributed by atoms with van der Waals surface area (Å²) in [5.41, 5.74) is -2.66. The third-order valence-corrected chi connectivity index (χ3v) is 9.69. The molecule has 0 atom stereocenters. The smallest absolute Gasteiger partial charge is 0.367 e. The normalized spacial score (nSPS) is 24.3. The minimum atomic E-state index is -6.19. The maximum atomic E-state index is 13.5. The zero-order valence-corrected chi connectivity index (χ0v) is 25.1. The Kier molecular flexibility index (Phi) is 8.23. The summed E-state index contributed by atoms with van der Waals surface area (Å²) in [4.78, 5) is 49.4. The summed E-state index contributed by atoms with van der Waals surface area (Å²) in [6, 6.07) is 6.76. The van der Waals surface area contributed by atoms with E-state index in [0.29, 0.717) is 27.4 Å². The number of alkyl halides is 2. The van der Waals surface area contributed by atoms with Gasteiger partial charge >= 0.3 is 23.2 Å². The Balaban J connectivity index is 1.36. The van der Waals surface area contributed by atoms with Gasteiger partial charge in [0.15, 0.2) is 16.7 Å². The molecule has 0 aromatic heterocycles. The highest BCUT2D eigenvalue weighted by atomic mass is 127. The van der Waals surface area contributed by atoms with Gasteiger partial charge in [-0.05, 0) is 103 Å². The van der Waals surface area contributed by atoms with Crippen molar-refractivity contribution in [2.75, 3.05) is 6.61 Å². The number of carbonyl (C=O) groups excluding carboxylic acids is 3. The van der Waals surface area contributed by atoms with Crippen LogP contribution in [0.3, 0.4) is 0 Å². The van der Waals surface area contributed by atoms with Crippen molar-refractivity contribution >= 4 is 56.3 Å². The zero-order valence-electron chi connectivity index (χ0n) is 22.1. The van der Waals surface area contributed by atoms with Crippen LogP contribution in [-0.2, 0) is 19.6 Å². The summed E-state index contributed by atoms with van der Waals surface area (Å²) >= 11 is 1.98. The monoisotopic (exact) mass is 734 g/mol. The van der Waals surface area contributed by atoms with Crippen LogP contribution >= 0.6 is 22.6 Å². The Labute approximate surface area is 257 Å². The highest BCUT2D eigenvalue weighted by Crippen LogP contribution is 2.60. The highest BCUT2D eigenvalue weighted by molar-refractivity contribution is 14.1. The molecule has 4 saturated carbocycles. The Hall–Kier alpha value is -3.25. The molecular weight excluding hydrogens is 711 g/mol. The molecule has 16 heteroatoms. The van der Waals surface area contributed by atoms with E-state index < -0.39 is 67.2 Å². The van der Waals surface area contributed by atoms with E-state index in [9.17, 15) is 46.2 Å². The average molecular weight is 734 g/mol. The number of carbonyl (C=O) groups is 3. The number of nitrogens with zero attached hydrogens (tertiary/aromatic N) is 1. The molecule has 0 N–H and O–H groups in total. The fourth-order valence-corrected chi connectivity index (χ4v) is 7.35. The largest absolute Gasteiger partial charge is 0.743 e. The van der Waals surface area contributed by atoms with Gasteiger partial charge in [-0.25, -0.2) is 18.0 Å². The Morgan fingerprint density at radius 1 is 0.953 bits per heavy atom. The van der Waals surface area contributed by atoms with Crippen LogP contribution in [0.4, 0.5) is 14.5 Å². The first kappa shape index (κ1) is 31.2. The maximum Gasteiger partial charge on any atom is 0.367 e. The van der Waals surface area contributed by atoms with Gasteiger partial charge < -0.3 is 18.8 Å². The van der Waals surface area contributed by atoms with E-state index in [2.05, 4.69) is 4.74 Å². The predicted octanol–water partition coefficient (Wildman–Crippen LogP) is 4.84. The van der Waals surface area contributed by atoms with E-state index in [4.69, 9.17) is 9.47 Å². The van der Waals surface area contributed by atoms with Crippen LogP contribution in [-0.4, -0.2) is 47.7 Å². The fourth-order valence-electron chi connectivity index (χ4n) is 6.68. The molecule has 4 fully saturated rings. The van der Waals surface area contributed by atoms with Crippen LogP contribution in [0.25, 0.3) is 0 Å². The molecule has 4 bridgehead atoms. The molecule has 0 heterocycles. The summed E-state index contributed by atoms with van der Waals surface area (Å²) in [7, 11) is -6.19. The van der Waals surface area contributed by atoms with Gasteiger partial charge in [-0.3, -0.25) is 14.9 Å². The van der Waals surface area contributed by atoms with Gasteiger partial charge in [0, 0.05) is 15.7 Å². The van der Waals surface area contributed by atoms with Gasteiger partial charge in [0.25, 0.3) is 5.69 Å². The number of esters is 3. The van der Waals surface area contributed by atoms with Crippen LogP contribution < -0.4 is 9.47 Å². The molecular formula is C27H23F2INO11S-. The van der Waals surface area contributed by atoms with Crippen molar-refractivity contribution in [3.05, 3.63) is 61.2 Å². The molecule has 43 heavy (non-hydrogen) atoms. The molecule has 0 amide bonds. The number of hydrogen-bond acceptors (Lipinski definition) is 11. The number of benzene rings is 2. The van der Waals surface area contributed by atoms with Crippen LogP contribution in [0.1, 0.15) is 59.2 Å². The summed E-state index contributed by atoms with van der Waals surface area (Å²) in [5.74, 6) is -2.33. The van der Waals surface area contributed by atoms with E-state index in [0.717, 1.165) is 50.7 Å². The summed E-state index contributed by atoms with van der Waals surface area (Å²) < 4.78 is 74.8. The first-order chi connectivity index (χ1) is 20.1. The first-order valence-electron chi connectivity index (χ1n) is 13.1. The SMILES string of the molecule is O=C(Oc1ccc([N+](=O)[O-])c(C(=O)OCC(F)(F)S(=O)(=O)[O-])c1)c1ccc(I)cc1OC(=O)C12CC3CC(CC(C3)C1)C2. The topological polar surface area (TPSA) is 179 Å². The maximum absolute atomic E-state index is 13.5. The third kappa shape index (κ3) is 6.35. The van der Waals surface area contributed by atoms with Gasteiger partial charge in [-0.2, -0.15) is 8.78 Å². The standard InChI is InChI=1S/C27H24F2INO11S/c28-27(29,43(37,38)39)13-40-23(32)20-9-18(2-4-21(20)31(35)36)41-24(33)19-3-1-17(30)8-22(19)42-25(34)26-10-14-5-15(11-26)7-16(6-14)12-26/h1-4,8-9,14-16H,5-7,10-13H2,(H,37,38,39)/p-1. The molecule has 4 aliphatic rings. The van der Waals surface area contributed by atoms with Gasteiger partial charge in [0.2, 0.25) is 0 Å². The lowest BCUT2D eigenvalue weighted by Gasteiger charge is -2.55. The van der Waals surface area contributed by atoms with Gasteiger partial charge in [-0.15, -0.1) is 0 Å². The van der Waals surface area contributed by atoms with Crippen molar-refractivity contribution in [2.45, 2.75) is 43.8 Å². The van der Waals surface area contributed by atoms with Crippen molar-refractivity contribution in [3.63, 3.8) is 0 Å². The Morgan fingerprint density at radius 2 is 1.56 bits per heavy atom. The van der Waals surface area contributed by atoms with Crippen molar-refractivity contribution in [1.29, 1.82) is 0 Å². The second kappa shape index (κ2) is 11.4. The van der Waals surface area contributed by atoms with Crippen molar-refractivity contribution < 1.29 is 55.3 Å². The molecule has 4 aliphatic carbocycles. The number of hydrogen-bond donors (Lipinski definition) is 0. The van der Waals surface area contributed by atoms with E-state index >= 15 is 0 Å². The number of nitro benzene ring substituents is 1. The van der Waals surface area contributed by atoms with Crippen LogP contribution in [0.5, 0.6) is 11.5 Å². The van der Waals surface area contributed by atoms with Crippen molar-refractivity contribution in [1.82, 2.24) is 0 Å². The molecule has 0 aliphatic heterocycles. The fraction of sp³-hybridized carbons (Fsp3) is 0.444. The molecule has 12 nitrogen and oxygen atoms in total. The van der Waals surface area contributed by atoms with E-state index in [1.807, 2.05) is 22.6 Å². The Bertz CT molecular complexity index is 1590. The van der Waals surface area contributed by atoms with E-state index in [-0.39, 0.29) is 11.3 Å². The van der Waals surface area contributed by atoms with Crippen molar-refractivity contribution in [2.24, 2.45) is 23.2 Å². The van der Waals surface area contributed by atoms with E-state index in [1.54, 1.807) is 6.07 Å². The van der Waals surface area contributed by atoms with E-state index in [1.165, 1.54) is 12.1 Å². The van der Waals surface area contributed by atoms with Gasteiger partial charge in [0.1, 0.15) is 22.6 Å². The number of halogens is 3. The number of rotatable bonds is 9. The molecule has 230 valence electrons. The third-order valence-electron chi connectivity index (χ3n) is 8.17. The summed E-state index contributed by atoms with van der Waals surface area (Å²) in [6.45, 7) is -2.19. The quantitative estimate of drug-likeness (QED) is 0.0860. The minimum Gasteiger partial charge on any atom is -0.743 e. The summed E-state index contributed by atoms with van der Waals surface area (Å²) in [5, 5.41) is 6.41. The van der Waals surface area contributed by atoms with Gasteiger partial charge in [-0.1, -0.05) is 0 Å². The summed E-state index contributed by atoms with van der Waals surface area (Å²) in [6.07, 6.45) is 5.52. The minimum absolute atomic E-state index is 0.0553. The molecule has 0 radical (unpaired) electrons.